The number of nitrogens with one attached hydrogen (secondary N) is 1. The molecule has 0 amide bonds. The van der Waals surface area contributed by atoms with Crippen molar-refractivity contribution in [3.05, 3.63) is 69.4 Å². The second kappa shape index (κ2) is 5.46. The number of fused-ring (bicyclic) bond motifs is 1. The number of benzene rings is 2. The van der Waals surface area contributed by atoms with E-state index in [4.69, 9.17) is 16.3 Å². The number of hydrogen-bond donors (Lipinski definition) is 1. The molecule has 0 radical (unpaired) electrons. The van der Waals surface area contributed by atoms with Gasteiger partial charge in [-0.15, -0.1) is 0 Å². The first-order valence-electron chi connectivity index (χ1n) is 6.27. The highest BCUT2D eigenvalue weighted by molar-refractivity contribution is 6.31. The molecule has 1 aromatic heterocycles. The molecule has 0 bridgehead atoms. The summed E-state index contributed by atoms with van der Waals surface area (Å²) < 4.78 is 5.64. The molecule has 21 heavy (non-hydrogen) atoms. The quantitative estimate of drug-likeness (QED) is 0.577. The van der Waals surface area contributed by atoms with E-state index in [0.29, 0.717) is 16.3 Å². The van der Waals surface area contributed by atoms with Crippen LogP contribution in [-0.2, 0) is 6.61 Å². The zero-order valence-electron chi connectivity index (χ0n) is 10.9. The molecule has 0 aliphatic rings. The van der Waals surface area contributed by atoms with Gasteiger partial charge in [0.15, 0.2) is 0 Å². The van der Waals surface area contributed by atoms with Gasteiger partial charge in [0.1, 0.15) is 12.4 Å². The first-order valence-corrected chi connectivity index (χ1v) is 6.64. The smallest absolute Gasteiger partial charge is 0.277 e. The predicted molar refractivity (Wildman–Crippen MR) is 80.7 cm³/mol. The number of nitro benzene ring substituents is 1. The van der Waals surface area contributed by atoms with Crippen LogP contribution in [0.15, 0.2) is 48.7 Å². The lowest BCUT2D eigenvalue weighted by Crippen LogP contribution is -2.01. The normalized spacial score (nSPS) is 10.7. The number of H-pyrrole nitrogens is 1. The van der Waals surface area contributed by atoms with Gasteiger partial charge in [-0.2, -0.15) is 0 Å². The fraction of sp³-hybridized carbons (Fsp3) is 0.0667. The van der Waals surface area contributed by atoms with Gasteiger partial charge in [0.05, 0.1) is 15.5 Å². The van der Waals surface area contributed by atoms with Crippen LogP contribution in [0.2, 0.25) is 5.02 Å². The molecule has 5 nitrogen and oxygen atoms in total. The summed E-state index contributed by atoms with van der Waals surface area (Å²) in [5.41, 5.74) is 1.34. The number of hydrogen-bond acceptors (Lipinski definition) is 3. The molecule has 3 rings (SSSR count). The fourth-order valence-electron chi connectivity index (χ4n) is 2.14. The Morgan fingerprint density at radius 3 is 2.90 bits per heavy atom. The molecule has 0 aliphatic carbocycles. The predicted octanol–water partition coefficient (Wildman–Crippen LogP) is 4.31. The minimum Gasteiger partial charge on any atom is -0.489 e. The van der Waals surface area contributed by atoms with Crippen LogP contribution in [0.4, 0.5) is 5.69 Å². The highest BCUT2D eigenvalue weighted by atomic mass is 35.5. The van der Waals surface area contributed by atoms with Crippen LogP contribution in [0.1, 0.15) is 5.56 Å². The molecule has 2 aromatic carbocycles. The van der Waals surface area contributed by atoms with E-state index in [1.165, 1.54) is 6.07 Å². The van der Waals surface area contributed by atoms with E-state index < -0.39 is 4.92 Å². The van der Waals surface area contributed by atoms with Gasteiger partial charge >= 0.3 is 0 Å². The third-order valence-corrected chi connectivity index (χ3v) is 3.55. The summed E-state index contributed by atoms with van der Waals surface area (Å²) in [5.74, 6) is 0.635. The number of rotatable bonds is 4. The number of nitro groups is 1. The zero-order chi connectivity index (χ0) is 14.8. The van der Waals surface area contributed by atoms with E-state index in [0.717, 1.165) is 10.9 Å². The minimum absolute atomic E-state index is 0.0368. The van der Waals surface area contributed by atoms with E-state index in [1.54, 1.807) is 12.1 Å². The zero-order valence-corrected chi connectivity index (χ0v) is 11.6. The van der Waals surface area contributed by atoms with Crippen LogP contribution in [-0.4, -0.2) is 9.91 Å². The topological polar surface area (TPSA) is 68.2 Å². The third-order valence-electron chi connectivity index (χ3n) is 3.20. The Morgan fingerprint density at radius 1 is 1.24 bits per heavy atom. The molecule has 0 saturated carbocycles. The van der Waals surface area contributed by atoms with Crippen molar-refractivity contribution in [1.82, 2.24) is 4.98 Å². The summed E-state index contributed by atoms with van der Waals surface area (Å²) >= 11 is 6.03. The molecule has 0 fully saturated rings. The van der Waals surface area contributed by atoms with Crippen molar-refractivity contribution >= 4 is 28.2 Å². The van der Waals surface area contributed by atoms with E-state index >= 15 is 0 Å². The van der Waals surface area contributed by atoms with Crippen LogP contribution in [0, 0.1) is 10.1 Å². The lowest BCUT2D eigenvalue weighted by Gasteiger charge is -2.08. The molecule has 0 aliphatic heterocycles. The van der Waals surface area contributed by atoms with Gasteiger partial charge in [-0.3, -0.25) is 10.1 Å². The van der Waals surface area contributed by atoms with Crippen LogP contribution in [0.3, 0.4) is 0 Å². The second-order valence-corrected chi connectivity index (χ2v) is 4.92. The van der Waals surface area contributed by atoms with Crippen molar-refractivity contribution in [3.8, 4) is 5.75 Å². The van der Waals surface area contributed by atoms with Gasteiger partial charge in [0.25, 0.3) is 5.69 Å². The summed E-state index contributed by atoms with van der Waals surface area (Å²) in [6.45, 7) is 0.0475. The molecule has 0 spiro atoms. The molecule has 1 heterocycles. The lowest BCUT2D eigenvalue weighted by atomic mass is 10.2. The molecular weight excluding hydrogens is 292 g/mol. The maximum atomic E-state index is 11.0. The van der Waals surface area contributed by atoms with E-state index in [2.05, 4.69) is 4.98 Å². The highest BCUT2D eigenvalue weighted by Crippen LogP contribution is 2.28. The van der Waals surface area contributed by atoms with Gasteiger partial charge in [-0.25, -0.2) is 0 Å². The van der Waals surface area contributed by atoms with E-state index in [-0.39, 0.29) is 12.3 Å². The SMILES string of the molecule is O=[N+]([O-])c1cccc(Cl)c1COc1ccc2[nH]ccc2c1. The van der Waals surface area contributed by atoms with Gasteiger partial charge in [0, 0.05) is 23.2 Å². The Bertz CT molecular complexity index is 814. The van der Waals surface area contributed by atoms with Gasteiger partial charge in [0.2, 0.25) is 0 Å². The van der Waals surface area contributed by atoms with E-state index in [1.807, 2.05) is 30.5 Å². The van der Waals surface area contributed by atoms with Crippen LogP contribution in [0.5, 0.6) is 5.75 Å². The standard InChI is InChI=1S/C15H11ClN2O3/c16-13-2-1-3-15(18(19)20)12(13)9-21-11-4-5-14-10(8-11)6-7-17-14/h1-8,17H,9H2. The van der Waals surface area contributed by atoms with Crippen molar-refractivity contribution < 1.29 is 9.66 Å². The Labute approximate surface area is 125 Å². The largest absolute Gasteiger partial charge is 0.489 e. The van der Waals surface area contributed by atoms with Crippen LogP contribution in [0.25, 0.3) is 10.9 Å². The average molecular weight is 303 g/mol. The maximum absolute atomic E-state index is 11.0. The minimum atomic E-state index is -0.458. The summed E-state index contributed by atoms with van der Waals surface area (Å²) in [6, 6.07) is 12.1. The van der Waals surface area contributed by atoms with Crippen molar-refractivity contribution in [2.75, 3.05) is 0 Å². The number of ether oxygens (including phenoxy) is 1. The number of halogens is 1. The average Bonchev–Trinajstić information content (AvgIpc) is 2.93. The van der Waals surface area contributed by atoms with Crippen LogP contribution >= 0.6 is 11.6 Å². The van der Waals surface area contributed by atoms with Gasteiger partial charge < -0.3 is 9.72 Å². The van der Waals surface area contributed by atoms with Crippen molar-refractivity contribution in [2.45, 2.75) is 6.61 Å². The number of aromatic amines is 1. The third kappa shape index (κ3) is 2.68. The Balaban J connectivity index is 1.85. The summed E-state index contributed by atoms with van der Waals surface area (Å²) in [4.78, 5) is 13.6. The summed E-state index contributed by atoms with van der Waals surface area (Å²) in [7, 11) is 0. The molecule has 3 aromatic rings. The second-order valence-electron chi connectivity index (χ2n) is 4.51. The highest BCUT2D eigenvalue weighted by Gasteiger charge is 2.17. The van der Waals surface area contributed by atoms with Crippen molar-refractivity contribution in [2.24, 2.45) is 0 Å². The molecular formula is C15H11ClN2O3. The number of nitrogens with zero attached hydrogens (tertiary/aromatic N) is 1. The summed E-state index contributed by atoms with van der Waals surface area (Å²) in [6.07, 6.45) is 1.84. The fourth-order valence-corrected chi connectivity index (χ4v) is 2.36. The monoisotopic (exact) mass is 302 g/mol. The van der Waals surface area contributed by atoms with Crippen molar-refractivity contribution in [1.29, 1.82) is 0 Å². The van der Waals surface area contributed by atoms with E-state index in [9.17, 15) is 10.1 Å². The van der Waals surface area contributed by atoms with Gasteiger partial charge in [-0.1, -0.05) is 17.7 Å². The lowest BCUT2D eigenvalue weighted by molar-refractivity contribution is -0.385. The first-order chi connectivity index (χ1) is 10.1. The Morgan fingerprint density at radius 2 is 2.10 bits per heavy atom. The molecule has 1 N–H and O–H groups in total. The maximum Gasteiger partial charge on any atom is 0.277 e. The first kappa shape index (κ1) is 13.5. The van der Waals surface area contributed by atoms with Crippen molar-refractivity contribution in [3.63, 3.8) is 0 Å². The molecule has 6 heteroatoms. The van der Waals surface area contributed by atoms with Gasteiger partial charge in [-0.05, 0) is 30.3 Å². The Hall–Kier alpha value is -2.53. The molecule has 0 atom stereocenters. The molecule has 106 valence electrons. The summed E-state index contributed by atoms with van der Waals surface area (Å²) in [5, 5.41) is 12.4. The number of aromatic nitrogens is 1. The van der Waals surface area contributed by atoms with Crippen LogP contribution < -0.4 is 4.74 Å². The molecule has 0 saturated heterocycles. The Kier molecular flexibility index (Phi) is 3.50. The molecule has 0 unspecified atom stereocenters.